The van der Waals surface area contributed by atoms with Gasteiger partial charge in [-0.15, -0.1) is 0 Å². The number of aromatic nitrogens is 1. The first-order chi connectivity index (χ1) is 15.0. The summed E-state index contributed by atoms with van der Waals surface area (Å²) in [6.07, 6.45) is 1.41. The molecule has 0 aliphatic carbocycles. The number of nitrogens with zero attached hydrogens (tertiary/aromatic N) is 1. The molecule has 1 N–H and O–H groups in total. The average molecular weight is 446 g/mol. The van der Waals surface area contributed by atoms with Crippen LogP contribution in [-0.2, 0) is 17.3 Å². The van der Waals surface area contributed by atoms with Crippen molar-refractivity contribution in [1.82, 2.24) is 4.98 Å². The first-order valence-corrected chi connectivity index (χ1v) is 11.3. The van der Waals surface area contributed by atoms with Gasteiger partial charge in [-0.3, -0.25) is 9.19 Å². The molecule has 0 spiro atoms. The molecule has 0 saturated carbocycles. The number of benzene rings is 2. The van der Waals surface area contributed by atoms with E-state index in [0.717, 1.165) is 22.6 Å². The minimum absolute atomic E-state index is 0.0501. The molecule has 4 nitrogen and oxygen atoms in total. The standard InChI is InChI=1S/C23H21F3N2O2S/c1-30-21-12-20-18(11-17(21)14-6-9-31(29)10-7-14)19(5-8-27-20)28-13-15-3-2-4-16(22(15)24)23(25)26/h2-6,8,11-12,23H,7,9-10,13H2,1H3,(H,27,28). The van der Waals surface area contributed by atoms with E-state index in [2.05, 4.69) is 10.3 Å². The van der Waals surface area contributed by atoms with Crippen molar-refractivity contribution in [3.8, 4) is 5.75 Å². The SMILES string of the molecule is COc1cc2nccc(NCc3cccc(C(F)F)c3F)c2cc1C1=CCS(=O)CC1. The molecule has 1 atom stereocenters. The van der Waals surface area contributed by atoms with Crippen LogP contribution in [-0.4, -0.2) is 27.8 Å². The van der Waals surface area contributed by atoms with E-state index >= 15 is 0 Å². The molecule has 1 unspecified atom stereocenters. The Bertz CT molecular complexity index is 1180. The van der Waals surface area contributed by atoms with Crippen LogP contribution in [0.3, 0.4) is 0 Å². The summed E-state index contributed by atoms with van der Waals surface area (Å²) in [6.45, 7) is 0.0501. The monoisotopic (exact) mass is 446 g/mol. The molecule has 3 aromatic rings. The second kappa shape index (κ2) is 9.09. The largest absolute Gasteiger partial charge is 0.496 e. The average Bonchev–Trinajstić information content (AvgIpc) is 2.77. The zero-order chi connectivity index (χ0) is 22.0. The van der Waals surface area contributed by atoms with Gasteiger partial charge in [0, 0.05) is 63.3 Å². The number of anilines is 1. The third kappa shape index (κ3) is 4.44. The van der Waals surface area contributed by atoms with Crippen molar-refractivity contribution in [1.29, 1.82) is 0 Å². The highest BCUT2D eigenvalue weighted by Crippen LogP contribution is 2.36. The van der Waals surface area contributed by atoms with Crippen LogP contribution < -0.4 is 10.1 Å². The fourth-order valence-corrected chi connectivity index (χ4v) is 4.69. The first kappa shape index (κ1) is 21.4. The maximum absolute atomic E-state index is 14.4. The lowest BCUT2D eigenvalue weighted by Gasteiger charge is -2.18. The number of halogens is 3. The second-order valence-corrected chi connectivity index (χ2v) is 8.81. The van der Waals surface area contributed by atoms with Crippen molar-refractivity contribution < 1.29 is 22.1 Å². The summed E-state index contributed by atoms with van der Waals surface area (Å²) in [6, 6.07) is 9.55. The lowest BCUT2D eigenvalue weighted by Crippen LogP contribution is -2.09. The zero-order valence-corrected chi connectivity index (χ0v) is 17.6. The number of pyridine rings is 1. The Labute approximate surface area is 180 Å². The summed E-state index contributed by atoms with van der Waals surface area (Å²) in [5.74, 6) is 0.886. The number of hydrogen-bond acceptors (Lipinski definition) is 4. The van der Waals surface area contributed by atoms with Crippen LogP contribution in [0.4, 0.5) is 18.9 Å². The number of rotatable bonds is 6. The van der Waals surface area contributed by atoms with Crippen LogP contribution in [0.15, 0.2) is 48.7 Å². The Balaban J connectivity index is 1.70. The van der Waals surface area contributed by atoms with Crippen LogP contribution in [0.5, 0.6) is 5.75 Å². The minimum Gasteiger partial charge on any atom is -0.496 e. The highest BCUT2D eigenvalue weighted by Gasteiger charge is 2.18. The van der Waals surface area contributed by atoms with E-state index in [1.807, 2.05) is 18.2 Å². The summed E-state index contributed by atoms with van der Waals surface area (Å²) in [7, 11) is 0.753. The van der Waals surface area contributed by atoms with Gasteiger partial charge in [0.2, 0.25) is 0 Å². The topological polar surface area (TPSA) is 51.2 Å². The molecule has 162 valence electrons. The van der Waals surface area contributed by atoms with Crippen LogP contribution in [0.1, 0.15) is 29.5 Å². The van der Waals surface area contributed by atoms with Gasteiger partial charge in [0.25, 0.3) is 6.43 Å². The molecule has 8 heteroatoms. The molecular formula is C23H21F3N2O2S. The molecule has 1 aliphatic heterocycles. The number of methoxy groups -OCH3 is 1. The van der Waals surface area contributed by atoms with Crippen molar-refractivity contribution in [3.63, 3.8) is 0 Å². The van der Waals surface area contributed by atoms with Gasteiger partial charge in [-0.05, 0) is 24.1 Å². The maximum Gasteiger partial charge on any atom is 0.266 e. The smallest absolute Gasteiger partial charge is 0.266 e. The fourth-order valence-electron chi connectivity index (χ4n) is 3.69. The van der Waals surface area contributed by atoms with Crippen LogP contribution in [0.2, 0.25) is 0 Å². The van der Waals surface area contributed by atoms with E-state index in [1.54, 1.807) is 19.4 Å². The van der Waals surface area contributed by atoms with Crippen molar-refractivity contribution in [3.05, 3.63) is 71.2 Å². The summed E-state index contributed by atoms with van der Waals surface area (Å²) in [5.41, 5.74) is 2.90. The Morgan fingerprint density at radius 1 is 1.26 bits per heavy atom. The molecule has 31 heavy (non-hydrogen) atoms. The van der Waals surface area contributed by atoms with Gasteiger partial charge in [0.1, 0.15) is 11.6 Å². The molecule has 1 aromatic heterocycles. The first-order valence-electron chi connectivity index (χ1n) is 9.78. The Hall–Kier alpha value is -2.87. The van der Waals surface area contributed by atoms with Crippen molar-refractivity contribution in [2.75, 3.05) is 23.9 Å². The van der Waals surface area contributed by atoms with E-state index in [9.17, 15) is 17.4 Å². The van der Waals surface area contributed by atoms with Crippen LogP contribution in [0.25, 0.3) is 16.5 Å². The number of fused-ring (bicyclic) bond motifs is 1. The lowest BCUT2D eigenvalue weighted by atomic mass is 9.99. The Morgan fingerprint density at radius 3 is 2.81 bits per heavy atom. The number of nitrogens with one attached hydrogen (secondary N) is 1. The van der Waals surface area contributed by atoms with E-state index < -0.39 is 28.6 Å². The van der Waals surface area contributed by atoms with Gasteiger partial charge in [-0.1, -0.05) is 24.3 Å². The van der Waals surface area contributed by atoms with Gasteiger partial charge in [-0.25, -0.2) is 13.2 Å². The number of allylic oxidation sites excluding steroid dienone is 1. The molecule has 0 bridgehead atoms. The highest BCUT2D eigenvalue weighted by atomic mass is 32.2. The van der Waals surface area contributed by atoms with Crippen molar-refractivity contribution in [2.24, 2.45) is 0 Å². The van der Waals surface area contributed by atoms with Crippen LogP contribution in [0, 0.1) is 5.82 Å². The molecule has 0 radical (unpaired) electrons. The predicted octanol–water partition coefficient (Wildman–Crippen LogP) is 5.47. The molecule has 0 amide bonds. The van der Waals surface area contributed by atoms with E-state index in [-0.39, 0.29) is 12.1 Å². The van der Waals surface area contributed by atoms with E-state index in [0.29, 0.717) is 34.9 Å². The van der Waals surface area contributed by atoms with Gasteiger partial charge < -0.3 is 10.1 Å². The summed E-state index contributed by atoms with van der Waals surface area (Å²) in [4.78, 5) is 4.40. The van der Waals surface area contributed by atoms with E-state index in [1.165, 1.54) is 12.1 Å². The predicted molar refractivity (Wildman–Crippen MR) is 117 cm³/mol. The number of ether oxygens (including phenoxy) is 1. The van der Waals surface area contributed by atoms with Gasteiger partial charge in [0.15, 0.2) is 0 Å². The maximum atomic E-state index is 14.4. The molecule has 0 saturated heterocycles. The summed E-state index contributed by atoms with van der Waals surface area (Å²) in [5, 5.41) is 3.95. The number of alkyl halides is 2. The Morgan fingerprint density at radius 2 is 2.10 bits per heavy atom. The Kier molecular flexibility index (Phi) is 6.27. The normalized spacial score (nSPS) is 16.4. The highest BCUT2D eigenvalue weighted by molar-refractivity contribution is 7.85. The third-order valence-corrected chi connectivity index (χ3v) is 6.53. The van der Waals surface area contributed by atoms with Crippen molar-refractivity contribution in [2.45, 2.75) is 19.4 Å². The van der Waals surface area contributed by atoms with E-state index in [4.69, 9.17) is 4.74 Å². The summed E-state index contributed by atoms with van der Waals surface area (Å²) >= 11 is 0. The van der Waals surface area contributed by atoms with Crippen molar-refractivity contribution >= 4 is 33.0 Å². The molecular weight excluding hydrogens is 425 g/mol. The summed E-state index contributed by atoms with van der Waals surface area (Å²) < 4.78 is 57.6. The molecule has 1 aliphatic rings. The van der Waals surface area contributed by atoms with Crippen LogP contribution >= 0.6 is 0 Å². The molecule has 2 aromatic carbocycles. The van der Waals surface area contributed by atoms with Gasteiger partial charge in [0.05, 0.1) is 18.2 Å². The second-order valence-electron chi connectivity index (χ2n) is 7.19. The molecule has 4 rings (SSSR count). The molecule has 0 fully saturated rings. The third-order valence-electron chi connectivity index (χ3n) is 5.34. The van der Waals surface area contributed by atoms with Gasteiger partial charge >= 0.3 is 0 Å². The van der Waals surface area contributed by atoms with Gasteiger partial charge in [-0.2, -0.15) is 0 Å². The fraction of sp³-hybridized carbons (Fsp3) is 0.261. The molecule has 2 heterocycles. The number of hydrogen-bond donors (Lipinski definition) is 1. The quantitative estimate of drug-likeness (QED) is 0.546. The lowest BCUT2D eigenvalue weighted by molar-refractivity contribution is 0.146. The minimum atomic E-state index is -2.87. The zero-order valence-electron chi connectivity index (χ0n) is 16.8.